The van der Waals surface area contributed by atoms with E-state index in [1.807, 2.05) is 12.1 Å². The minimum absolute atomic E-state index is 0. The lowest BCUT2D eigenvalue weighted by Crippen LogP contribution is -2.33. The van der Waals surface area contributed by atoms with Gasteiger partial charge in [0.25, 0.3) is 0 Å². The molecule has 5 nitrogen and oxygen atoms in total. The largest absolute Gasteiger partial charge is 0.412 e. The summed E-state index contributed by atoms with van der Waals surface area (Å²) < 4.78 is 9.81. The van der Waals surface area contributed by atoms with Gasteiger partial charge in [-0.2, -0.15) is 0 Å². The molecule has 0 atom stereocenters. The maximum Gasteiger partial charge on any atom is 0.0603 e. The molecule has 0 aromatic heterocycles. The minimum atomic E-state index is 0. The summed E-state index contributed by atoms with van der Waals surface area (Å²) in [5.41, 5.74) is 0. The summed E-state index contributed by atoms with van der Waals surface area (Å²) in [6.45, 7) is 7.11. The van der Waals surface area contributed by atoms with Crippen LogP contribution in [0.15, 0.2) is 0 Å². The summed E-state index contributed by atoms with van der Waals surface area (Å²) in [5.74, 6) is 0. The average Bonchev–Trinajstić information content (AvgIpc) is 2.06. The SMILES string of the molecule is CCN(C)SN1CCOCC1.O.O. The lowest BCUT2D eigenvalue weighted by Gasteiger charge is -2.28. The second-order valence-corrected chi connectivity index (χ2v) is 3.87. The molecule has 4 N–H and O–H groups in total. The van der Waals surface area contributed by atoms with Gasteiger partial charge in [-0.15, -0.1) is 0 Å². The van der Waals surface area contributed by atoms with Crippen molar-refractivity contribution in [3.63, 3.8) is 0 Å². The molecule has 1 heterocycles. The van der Waals surface area contributed by atoms with E-state index in [0.717, 1.165) is 32.8 Å². The van der Waals surface area contributed by atoms with E-state index >= 15 is 0 Å². The molecule has 1 saturated heterocycles. The van der Waals surface area contributed by atoms with E-state index in [-0.39, 0.29) is 11.0 Å². The molecular weight excluding hydrogens is 192 g/mol. The van der Waals surface area contributed by atoms with Crippen molar-refractivity contribution >= 4 is 12.1 Å². The first-order valence-corrected chi connectivity index (χ1v) is 4.78. The van der Waals surface area contributed by atoms with Gasteiger partial charge < -0.3 is 15.7 Å². The normalized spacial score (nSPS) is 17.8. The Kier molecular flexibility index (Phi) is 10.5. The van der Waals surface area contributed by atoms with E-state index in [1.165, 1.54) is 0 Å². The van der Waals surface area contributed by atoms with Crippen molar-refractivity contribution in [3.8, 4) is 0 Å². The molecule has 0 spiro atoms. The third kappa shape index (κ3) is 6.25. The first kappa shape index (κ1) is 15.6. The Labute approximate surface area is 83.9 Å². The first-order valence-electron chi connectivity index (χ1n) is 4.05. The van der Waals surface area contributed by atoms with Crippen molar-refractivity contribution in [3.05, 3.63) is 0 Å². The van der Waals surface area contributed by atoms with Gasteiger partial charge >= 0.3 is 0 Å². The maximum atomic E-state index is 5.24. The van der Waals surface area contributed by atoms with E-state index in [9.17, 15) is 0 Å². The Morgan fingerprint density at radius 2 is 1.85 bits per heavy atom. The van der Waals surface area contributed by atoms with Gasteiger partial charge in [-0.25, -0.2) is 8.61 Å². The molecule has 82 valence electrons. The molecule has 0 aliphatic carbocycles. The van der Waals surface area contributed by atoms with Crippen molar-refractivity contribution in [2.45, 2.75) is 6.92 Å². The van der Waals surface area contributed by atoms with Crippen LogP contribution < -0.4 is 0 Å². The van der Waals surface area contributed by atoms with Crippen LogP contribution in [0, 0.1) is 0 Å². The maximum absolute atomic E-state index is 5.24. The second-order valence-electron chi connectivity index (χ2n) is 2.57. The highest BCUT2D eigenvalue weighted by Crippen LogP contribution is 2.14. The van der Waals surface area contributed by atoms with Crippen LogP contribution in [0.2, 0.25) is 0 Å². The van der Waals surface area contributed by atoms with E-state index in [2.05, 4.69) is 22.6 Å². The summed E-state index contributed by atoms with van der Waals surface area (Å²) in [5, 5.41) is 0. The number of nitrogens with zero attached hydrogens (tertiary/aromatic N) is 2. The molecule has 0 radical (unpaired) electrons. The lowest BCUT2D eigenvalue weighted by molar-refractivity contribution is 0.0761. The second kappa shape index (κ2) is 8.74. The summed E-state index contributed by atoms with van der Waals surface area (Å²) in [7, 11) is 2.11. The van der Waals surface area contributed by atoms with Gasteiger partial charge in [-0.1, -0.05) is 6.92 Å². The average molecular weight is 212 g/mol. The van der Waals surface area contributed by atoms with Gasteiger partial charge in [0.2, 0.25) is 0 Å². The molecule has 0 amide bonds. The van der Waals surface area contributed by atoms with Crippen LogP contribution >= 0.6 is 12.1 Å². The van der Waals surface area contributed by atoms with Crippen molar-refractivity contribution in [2.75, 3.05) is 39.9 Å². The van der Waals surface area contributed by atoms with Gasteiger partial charge in [0, 0.05) is 31.8 Å². The van der Waals surface area contributed by atoms with E-state index in [1.54, 1.807) is 0 Å². The van der Waals surface area contributed by atoms with Crippen LogP contribution in [0.1, 0.15) is 6.92 Å². The highest BCUT2D eigenvalue weighted by Gasteiger charge is 2.11. The van der Waals surface area contributed by atoms with Gasteiger partial charge in [-0.3, -0.25) is 0 Å². The Balaban J connectivity index is 0. The van der Waals surface area contributed by atoms with Crippen LogP contribution in [0.25, 0.3) is 0 Å². The fourth-order valence-electron chi connectivity index (χ4n) is 0.883. The highest BCUT2D eigenvalue weighted by atomic mass is 32.2. The molecular formula is C7H20N2O3S. The third-order valence-corrected chi connectivity index (χ3v) is 2.80. The third-order valence-electron chi connectivity index (χ3n) is 1.67. The standard InChI is InChI=1S/C7H16N2OS.2H2O/c1-3-8(2)11-9-4-6-10-7-5-9;;/h3-7H2,1-2H3;2*1H2. The number of hydrogen-bond acceptors (Lipinski definition) is 4. The molecule has 1 rings (SSSR count). The molecule has 0 aromatic rings. The summed E-state index contributed by atoms with van der Waals surface area (Å²) in [6, 6.07) is 0. The zero-order valence-electron chi connectivity index (χ0n) is 8.25. The summed E-state index contributed by atoms with van der Waals surface area (Å²) in [4.78, 5) is 0. The summed E-state index contributed by atoms with van der Waals surface area (Å²) in [6.07, 6.45) is 0. The molecule has 1 fully saturated rings. The van der Waals surface area contributed by atoms with E-state index < -0.39 is 0 Å². The number of rotatable bonds is 3. The number of morpholine rings is 1. The van der Waals surface area contributed by atoms with Crippen molar-refractivity contribution in [1.82, 2.24) is 8.61 Å². The van der Waals surface area contributed by atoms with E-state index in [0.29, 0.717) is 0 Å². The van der Waals surface area contributed by atoms with Gasteiger partial charge in [0.15, 0.2) is 0 Å². The lowest BCUT2D eigenvalue weighted by atomic mass is 10.5. The monoisotopic (exact) mass is 212 g/mol. The predicted molar refractivity (Wildman–Crippen MR) is 55.5 cm³/mol. The van der Waals surface area contributed by atoms with Crippen molar-refractivity contribution < 1.29 is 15.7 Å². The van der Waals surface area contributed by atoms with Gasteiger partial charge in [-0.05, 0) is 7.05 Å². The van der Waals surface area contributed by atoms with Crippen molar-refractivity contribution in [2.24, 2.45) is 0 Å². The fraction of sp³-hybridized carbons (Fsp3) is 1.00. The number of hydrogen-bond donors (Lipinski definition) is 0. The Morgan fingerprint density at radius 3 is 2.31 bits per heavy atom. The molecule has 13 heavy (non-hydrogen) atoms. The number of ether oxygens (including phenoxy) is 1. The van der Waals surface area contributed by atoms with Gasteiger partial charge in [0.05, 0.1) is 13.2 Å². The van der Waals surface area contributed by atoms with Crippen LogP contribution in [0.4, 0.5) is 0 Å². The topological polar surface area (TPSA) is 78.7 Å². The zero-order chi connectivity index (χ0) is 8.10. The zero-order valence-corrected chi connectivity index (χ0v) is 9.06. The van der Waals surface area contributed by atoms with Crippen molar-refractivity contribution in [1.29, 1.82) is 0 Å². The van der Waals surface area contributed by atoms with Crippen LogP contribution in [0.5, 0.6) is 0 Å². The molecule has 0 aromatic carbocycles. The molecule has 0 saturated carbocycles. The van der Waals surface area contributed by atoms with Gasteiger partial charge in [0.1, 0.15) is 0 Å². The van der Waals surface area contributed by atoms with E-state index in [4.69, 9.17) is 4.74 Å². The molecule has 0 unspecified atom stereocenters. The molecule has 0 bridgehead atoms. The Morgan fingerprint density at radius 1 is 1.31 bits per heavy atom. The quantitative estimate of drug-likeness (QED) is 0.573. The first-order chi connectivity index (χ1) is 5.33. The minimum Gasteiger partial charge on any atom is -0.412 e. The van der Waals surface area contributed by atoms with Crippen LogP contribution in [-0.2, 0) is 4.74 Å². The van der Waals surface area contributed by atoms with Crippen LogP contribution in [0.3, 0.4) is 0 Å². The molecule has 1 aliphatic heterocycles. The Bertz CT molecular complexity index is 112. The fourth-order valence-corrected chi connectivity index (χ4v) is 1.71. The Hall–Kier alpha value is 0.150. The smallest absolute Gasteiger partial charge is 0.0603 e. The molecule has 6 heteroatoms. The molecule has 1 aliphatic rings. The van der Waals surface area contributed by atoms with Crippen LogP contribution in [-0.4, -0.2) is 59.5 Å². The summed E-state index contributed by atoms with van der Waals surface area (Å²) >= 11 is 1.81. The highest BCUT2D eigenvalue weighted by molar-refractivity contribution is 7.94. The predicted octanol–water partition coefficient (Wildman–Crippen LogP) is -0.816.